The van der Waals surface area contributed by atoms with Gasteiger partial charge in [0.1, 0.15) is 0 Å². The van der Waals surface area contributed by atoms with Gasteiger partial charge in [-0.25, -0.2) is 4.79 Å². The molecule has 20 heavy (non-hydrogen) atoms. The van der Waals surface area contributed by atoms with Crippen LogP contribution in [0.2, 0.25) is 5.02 Å². The third kappa shape index (κ3) is 2.57. The van der Waals surface area contributed by atoms with Gasteiger partial charge in [-0.15, -0.1) is 0 Å². The highest BCUT2D eigenvalue weighted by atomic mass is 35.5. The Balaban J connectivity index is 1.72. The van der Waals surface area contributed by atoms with Gasteiger partial charge < -0.3 is 19.0 Å². The van der Waals surface area contributed by atoms with Crippen LogP contribution in [0.25, 0.3) is 0 Å². The molecule has 1 aromatic heterocycles. The number of rotatable bonds is 4. The van der Waals surface area contributed by atoms with Gasteiger partial charge in [0.2, 0.25) is 12.6 Å². The highest BCUT2D eigenvalue weighted by Gasteiger charge is 2.18. The van der Waals surface area contributed by atoms with E-state index < -0.39 is 5.97 Å². The molecule has 7 heteroatoms. The van der Waals surface area contributed by atoms with Crippen molar-refractivity contribution in [2.24, 2.45) is 0 Å². The van der Waals surface area contributed by atoms with E-state index >= 15 is 0 Å². The van der Waals surface area contributed by atoms with E-state index in [0.717, 1.165) is 5.56 Å². The van der Waals surface area contributed by atoms with Crippen LogP contribution in [0.15, 0.2) is 33.8 Å². The number of carboxylic acid groups (broad SMARTS) is 1. The van der Waals surface area contributed by atoms with Crippen molar-refractivity contribution in [3.63, 3.8) is 0 Å². The van der Waals surface area contributed by atoms with Gasteiger partial charge in [-0.05, 0) is 29.8 Å². The number of fused-ring (bicyclic) bond motifs is 1. The number of thioether (sulfide) groups is 1. The second kappa shape index (κ2) is 5.30. The molecular formula is C13H9ClO5S. The van der Waals surface area contributed by atoms with Crippen molar-refractivity contribution in [2.45, 2.75) is 10.8 Å². The number of carbonyl (C=O) groups is 1. The first-order chi connectivity index (χ1) is 9.63. The number of furan rings is 1. The molecule has 0 bridgehead atoms. The molecule has 0 spiro atoms. The first kappa shape index (κ1) is 13.2. The minimum atomic E-state index is -1.08. The van der Waals surface area contributed by atoms with Crippen molar-refractivity contribution in [3.05, 3.63) is 40.6 Å². The predicted molar refractivity (Wildman–Crippen MR) is 72.8 cm³/mol. The summed E-state index contributed by atoms with van der Waals surface area (Å²) in [4.78, 5) is 10.7. The van der Waals surface area contributed by atoms with E-state index in [0.29, 0.717) is 27.4 Å². The second-order valence-electron chi connectivity index (χ2n) is 4.02. The summed E-state index contributed by atoms with van der Waals surface area (Å²) < 4.78 is 15.7. The molecule has 0 radical (unpaired) electrons. The third-order valence-corrected chi connectivity index (χ3v) is 3.92. The monoisotopic (exact) mass is 312 g/mol. The highest BCUT2D eigenvalue weighted by molar-refractivity contribution is 7.98. The molecule has 1 aromatic carbocycles. The summed E-state index contributed by atoms with van der Waals surface area (Å²) in [7, 11) is 0. The summed E-state index contributed by atoms with van der Waals surface area (Å²) in [5, 5.41) is 9.81. The molecule has 0 atom stereocenters. The van der Waals surface area contributed by atoms with Crippen LogP contribution >= 0.6 is 23.4 Å². The summed E-state index contributed by atoms with van der Waals surface area (Å²) in [6.45, 7) is 0.172. The topological polar surface area (TPSA) is 68.9 Å². The van der Waals surface area contributed by atoms with Gasteiger partial charge in [0, 0.05) is 5.75 Å². The number of carboxylic acids is 1. The van der Waals surface area contributed by atoms with Crippen LogP contribution in [0.4, 0.5) is 0 Å². The van der Waals surface area contributed by atoms with E-state index in [1.807, 2.05) is 6.07 Å². The van der Waals surface area contributed by atoms with Crippen LogP contribution in [0.3, 0.4) is 0 Å². The zero-order valence-corrected chi connectivity index (χ0v) is 11.7. The number of hydrogen-bond donors (Lipinski definition) is 1. The van der Waals surface area contributed by atoms with E-state index in [1.54, 1.807) is 12.1 Å². The van der Waals surface area contributed by atoms with Crippen LogP contribution in [0.5, 0.6) is 11.5 Å². The molecule has 0 amide bonds. The van der Waals surface area contributed by atoms with Gasteiger partial charge in [-0.3, -0.25) is 0 Å². The summed E-state index contributed by atoms with van der Waals surface area (Å²) in [6.07, 6.45) is 0. The van der Waals surface area contributed by atoms with Crippen LogP contribution in [-0.4, -0.2) is 17.9 Å². The van der Waals surface area contributed by atoms with Crippen molar-refractivity contribution >= 4 is 29.3 Å². The second-order valence-corrected chi connectivity index (χ2v) is 5.41. The number of benzene rings is 1. The van der Waals surface area contributed by atoms with Crippen LogP contribution < -0.4 is 9.47 Å². The molecule has 0 saturated heterocycles. The Kier molecular flexibility index (Phi) is 3.50. The Bertz CT molecular complexity index is 667. The maximum atomic E-state index is 10.7. The van der Waals surface area contributed by atoms with Gasteiger partial charge in [-0.1, -0.05) is 23.4 Å². The van der Waals surface area contributed by atoms with E-state index in [9.17, 15) is 4.79 Å². The summed E-state index contributed by atoms with van der Waals surface area (Å²) in [5.41, 5.74) is 0.942. The molecular weight excluding hydrogens is 304 g/mol. The van der Waals surface area contributed by atoms with E-state index in [2.05, 4.69) is 0 Å². The molecule has 1 aliphatic heterocycles. The lowest BCUT2D eigenvalue weighted by atomic mass is 10.2. The van der Waals surface area contributed by atoms with E-state index in [4.69, 9.17) is 30.6 Å². The fourth-order valence-electron chi connectivity index (χ4n) is 1.77. The van der Waals surface area contributed by atoms with E-state index in [-0.39, 0.29) is 12.6 Å². The standard InChI is InChI=1S/C13H9ClO5S/c14-8-3-7(4-10-12(8)18-6-17-10)5-20-11-2-1-9(19-11)13(15)16/h1-4H,5-6H2,(H,15,16). The van der Waals surface area contributed by atoms with E-state index in [1.165, 1.54) is 17.8 Å². The predicted octanol–water partition coefficient (Wildman–Crippen LogP) is 3.65. The first-order valence-electron chi connectivity index (χ1n) is 5.67. The molecule has 1 N–H and O–H groups in total. The van der Waals surface area contributed by atoms with Crippen molar-refractivity contribution in [2.75, 3.05) is 6.79 Å². The van der Waals surface area contributed by atoms with Gasteiger partial charge in [0.15, 0.2) is 16.6 Å². The molecule has 0 unspecified atom stereocenters. The lowest BCUT2D eigenvalue weighted by molar-refractivity contribution is 0.0656. The van der Waals surface area contributed by atoms with Crippen molar-refractivity contribution in [1.29, 1.82) is 0 Å². The average Bonchev–Trinajstić information content (AvgIpc) is 3.05. The van der Waals surface area contributed by atoms with Crippen LogP contribution in [0, 0.1) is 0 Å². The van der Waals surface area contributed by atoms with Crippen LogP contribution in [0.1, 0.15) is 16.1 Å². The summed E-state index contributed by atoms with van der Waals surface area (Å²) >= 11 is 7.47. The molecule has 3 rings (SSSR count). The molecule has 5 nitrogen and oxygen atoms in total. The molecule has 1 aliphatic rings. The Morgan fingerprint density at radius 2 is 2.20 bits per heavy atom. The van der Waals surface area contributed by atoms with Crippen molar-refractivity contribution in [1.82, 2.24) is 0 Å². The minimum absolute atomic E-state index is 0.0729. The number of hydrogen-bond acceptors (Lipinski definition) is 5. The lowest BCUT2D eigenvalue weighted by Gasteiger charge is -2.04. The van der Waals surface area contributed by atoms with Crippen LogP contribution in [-0.2, 0) is 5.75 Å². The fraction of sp³-hybridized carbons (Fsp3) is 0.154. The van der Waals surface area contributed by atoms with Gasteiger partial charge in [0.25, 0.3) is 0 Å². The molecule has 0 saturated carbocycles. The third-order valence-electron chi connectivity index (χ3n) is 2.66. The lowest BCUT2D eigenvalue weighted by Crippen LogP contribution is -1.93. The average molecular weight is 313 g/mol. The van der Waals surface area contributed by atoms with Gasteiger partial charge >= 0.3 is 5.97 Å². The first-order valence-corrected chi connectivity index (χ1v) is 7.04. The molecule has 2 aromatic rings. The maximum Gasteiger partial charge on any atom is 0.371 e. The number of halogens is 1. The smallest absolute Gasteiger partial charge is 0.371 e. The zero-order valence-electron chi connectivity index (χ0n) is 10.1. The molecule has 2 heterocycles. The summed E-state index contributed by atoms with van der Waals surface area (Å²) in [5.74, 6) is 0.618. The van der Waals surface area contributed by atoms with Gasteiger partial charge in [0.05, 0.1) is 5.02 Å². The number of aromatic carboxylic acids is 1. The normalized spacial score (nSPS) is 12.7. The summed E-state index contributed by atoms with van der Waals surface area (Å²) in [6, 6.07) is 6.70. The number of ether oxygens (including phenoxy) is 2. The molecule has 0 aliphatic carbocycles. The zero-order chi connectivity index (χ0) is 14.1. The molecule has 104 valence electrons. The Labute approximate surface area is 123 Å². The quantitative estimate of drug-likeness (QED) is 0.869. The maximum absolute atomic E-state index is 10.7. The molecule has 0 fully saturated rings. The van der Waals surface area contributed by atoms with Crippen molar-refractivity contribution in [3.8, 4) is 11.5 Å². The highest BCUT2D eigenvalue weighted by Crippen LogP contribution is 2.41. The SMILES string of the molecule is O=C(O)c1ccc(SCc2cc(Cl)c3c(c2)OCO3)o1. The largest absolute Gasteiger partial charge is 0.475 e. The minimum Gasteiger partial charge on any atom is -0.475 e. The van der Waals surface area contributed by atoms with Crippen molar-refractivity contribution < 1.29 is 23.8 Å². The Morgan fingerprint density at radius 3 is 2.95 bits per heavy atom. The Hall–Kier alpha value is -1.79. The van der Waals surface area contributed by atoms with Gasteiger partial charge in [-0.2, -0.15) is 0 Å². The Morgan fingerprint density at radius 1 is 1.35 bits per heavy atom. The fourth-order valence-corrected chi connectivity index (χ4v) is 2.85.